The molecule has 0 aliphatic carbocycles. The van der Waals surface area contributed by atoms with Crippen molar-refractivity contribution in [2.24, 2.45) is 0 Å². The number of hydrogen-bond acceptors (Lipinski definition) is 5. The summed E-state index contributed by atoms with van der Waals surface area (Å²) in [5, 5.41) is 2.87. The highest BCUT2D eigenvalue weighted by molar-refractivity contribution is 5.98. The van der Waals surface area contributed by atoms with Crippen LogP contribution in [0.25, 0.3) is 22.3 Å². The maximum absolute atomic E-state index is 14.9. The molecule has 1 amide bonds. The molecular weight excluding hydrogens is 417 g/mol. The lowest BCUT2D eigenvalue weighted by atomic mass is 9.90. The van der Waals surface area contributed by atoms with Crippen molar-refractivity contribution in [3.63, 3.8) is 0 Å². The van der Waals surface area contributed by atoms with Crippen molar-refractivity contribution in [2.45, 2.75) is 13.3 Å². The first kappa shape index (κ1) is 21.4. The average molecular weight is 446 g/mol. The van der Waals surface area contributed by atoms with Crippen molar-refractivity contribution in [3.8, 4) is 22.3 Å². The van der Waals surface area contributed by atoms with Gasteiger partial charge in [-0.15, -0.1) is 0 Å². The molecule has 2 aliphatic heterocycles. The van der Waals surface area contributed by atoms with Crippen LogP contribution in [0.5, 0.6) is 0 Å². The maximum atomic E-state index is 14.9. The van der Waals surface area contributed by atoms with Crippen LogP contribution in [0.1, 0.15) is 21.5 Å². The van der Waals surface area contributed by atoms with Gasteiger partial charge in [0.2, 0.25) is 5.95 Å². The summed E-state index contributed by atoms with van der Waals surface area (Å²) in [7, 11) is 2.13. The third-order valence-corrected chi connectivity index (χ3v) is 6.72. The van der Waals surface area contributed by atoms with Gasteiger partial charge in [0.25, 0.3) is 5.91 Å². The van der Waals surface area contributed by atoms with Gasteiger partial charge in [-0.25, -0.2) is 4.98 Å². The molecule has 3 heterocycles. The Bertz CT molecular complexity index is 1220. The lowest BCUT2D eigenvalue weighted by Gasteiger charge is -2.34. The summed E-state index contributed by atoms with van der Waals surface area (Å²) in [5.74, 6) is -0.496. The Morgan fingerprint density at radius 1 is 0.970 bits per heavy atom. The Balaban J connectivity index is 1.50. The molecule has 6 nitrogen and oxygen atoms in total. The molecule has 0 bridgehead atoms. The van der Waals surface area contributed by atoms with Crippen molar-refractivity contribution in [1.29, 1.82) is 0 Å². The summed E-state index contributed by atoms with van der Waals surface area (Å²) in [6.07, 6.45) is 0.753. The molecule has 0 atom stereocenters. The Labute approximate surface area is 193 Å². The second kappa shape index (κ2) is 8.48. The molecule has 3 N–H and O–H groups in total. The first-order valence-electron chi connectivity index (χ1n) is 11.3. The fourth-order valence-corrected chi connectivity index (χ4v) is 4.71. The minimum atomic E-state index is -0.585. The van der Waals surface area contributed by atoms with E-state index < -0.39 is 5.95 Å². The van der Waals surface area contributed by atoms with Crippen LogP contribution >= 0.6 is 0 Å². The van der Waals surface area contributed by atoms with Gasteiger partial charge in [0, 0.05) is 55.1 Å². The first-order valence-corrected chi connectivity index (χ1v) is 11.3. The molecular formula is C26H28FN5O. The number of carbonyl (C=O) groups excluding carboxylic acids is 1. The predicted molar refractivity (Wildman–Crippen MR) is 130 cm³/mol. The van der Waals surface area contributed by atoms with Crippen molar-refractivity contribution < 1.29 is 9.18 Å². The molecule has 33 heavy (non-hydrogen) atoms. The van der Waals surface area contributed by atoms with E-state index in [9.17, 15) is 9.18 Å². The van der Waals surface area contributed by atoms with Crippen LogP contribution in [0.2, 0.25) is 0 Å². The van der Waals surface area contributed by atoms with Gasteiger partial charge in [0.15, 0.2) is 0 Å². The maximum Gasteiger partial charge on any atom is 0.251 e. The number of rotatable bonds is 3. The number of nitrogens with zero attached hydrogens (tertiary/aromatic N) is 3. The van der Waals surface area contributed by atoms with Gasteiger partial charge in [-0.05, 0) is 73.0 Å². The Morgan fingerprint density at radius 2 is 1.70 bits per heavy atom. The van der Waals surface area contributed by atoms with E-state index in [0.29, 0.717) is 23.2 Å². The van der Waals surface area contributed by atoms with Gasteiger partial charge in [-0.3, -0.25) is 4.79 Å². The van der Waals surface area contributed by atoms with Crippen LogP contribution in [-0.2, 0) is 6.42 Å². The number of anilines is 2. The third kappa shape index (κ3) is 4.04. The summed E-state index contributed by atoms with van der Waals surface area (Å²) in [5.41, 5.74) is 12.6. The van der Waals surface area contributed by atoms with Gasteiger partial charge in [0.1, 0.15) is 5.82 Å². The topological polar surface area (TPSA) is 74.5 Å². The van der Waals surface area contributed by atoms with Crippen LogP contribution in [0.15, 0.2) is 42.5 Å². The predicted octanol–water partition coefficient (Wildman–Crippen LogP) is 3.48. The van der Waals surface area contributed by atoms with E-state index in [0.717, 1.165) is 60.5 Å². The first-order chi connectivity index (χ1) is 15.9. The van der Waals surface area contributed by atoms with Crippen LogP contribution < -0.4 is 16.0 Å². The van der Waals surface area contributed by atoms with Gasteiger partial charge < -0.3 is 20.9 Å². The number of piperazine rings is 1. The van der Waals surface area contributed by atoms with Gasteiger partial charge in [-0.2, -0.15) is 4.39 Å². The molecule has 1 aromatic heterocycles. The minimum absolute atomic E-state index is 0.0581. The number of aromatic nitrogens is 1. The number of nitrogen functional groups attached to an aromatic ring is 1. The molecule has 7 heteroatoms. The minimum Gasteiger partial charge on any atom is -0.383 e. The van der Waals surface area contributed by atoms with Gasteiger partial charge in [0.05, 0.1) is 0 Å². The molecule has 0 radical (unpaired) electrons. The second-order valence-electron chi connectivity index (χ2n) is 8.93. The second-order valence-corrected chi connectivity index (χ2v) is 8.93. The number of benzene rings is 2. The number of nitrogens with two attached hydrogens (primary N) is 1. The van der Waals surface area contributed by atoms with Crippen molar-refractivity contribution >= 4 is 17.4 Å². The number of hydrogen-bond donors (Lipinski definition) is 2. The summed E-state index contributed by atoms with van der Waals surface area (Å²) in [6.45, 7) is 6.56. The average Bonchev–Trinajstić information content (AvgIpc) is 2.80. The van der Waals surface area contributed by atoms with Crippen molar-refractivity contribution in [3.05, 3.63) is 65.1 Å². The summed E-state index contributed by atoms with van der Waals surface area (Å²) in [4.78, 5) is 20.9. The molecule has 0 saturated carbocycles. The smallest absolute Gasteiger partial charge is 0.251 e. The Morgan fingerprint density at radius 3 is 2.42 bits per heavy atom. The number of amides is 1. The summed E-state index contributed by atoms with van der Waals surface area (Å²) < 4.78 is 14.9. The number of carbonyl (C=O) groups is 1. The van der Waals surface area contributed by atoms with E-state index in [4.69, 9.17) is 5.73 Å². The molecule has 5 rings (SSSR count). The van der Waals surface area contributed by atoms with E-state index in [1.807, 2.05) is 43.3 Å². The fraction of sp³-hybridized carbons (Fsp3) is 0.308. The van der Waals surface area contributed by atoms with Crippen LogP contribution in [0, 0.1) is 12.9 Å². The zero-order chi connectivity index (χ0) is 23.1. The Kier molecular flexibility index (Phi) is 5.50. The number of pyridine rings is 1. The monoisotopic (exact) mass is 445 g/mol. The molecule has 3 aromatic rings. The van der Waals surface area contributed by atoms with E-state index >= 15 is 0 Å². The van der Waals surface area contributed by atoms with Crippen LogP contribution in [-0.4, -0.2) is 55.6 Å². The molecule has 1 saturated heterocycles. The SMILES string of the molecule is Cc1cc2c(cc1-c1cc(-c3ccc(N4CCN(C)CC4)cc3)c(F)nc1N)CCNC2=O. The lowest BCUT2D eigenvalue weighted by Crippen LogP contribution is -2.44. The standard InChI is InChI=1S/C26H28FN5O/c1-16-13-22-18(7-8-29-26(22)33)14-20(16)23-15-21(24(27)30-25(23)28)17-3-5-19(6-4-17)32-11-9-31(2)10-12-32/h3-6,13-15H,7-12H2,1-2H3,(H2,28,30)(H,29,33). The van der Waals surface area contributed by atoms with Crippen molar-refractivity contribution in [2.75, 3.05) is 50.4 Å². The highest BCUT2D eigenvalue weighted by Gasteiger charge is 2.21. The van der Waals surface area contributed by atoms with E-state index in [2.05, 4.69) is 27.1 Å². The lowest BCUT2D eigenvalue weighted by molar-refractivity contribution is 0.0946. The van der Waals surface area contributed by atoms with E-state index in [1.54, 1.807) is 6.07 Å². The quantitative estimate of drug-likeness (QED) is 0.604. The molecule has 170 valence electrons. The molecule has 2 aromatic carbocycles. The Hall–Kier alpha value is -3.45. The van der Waals surface area contributed by atoms with E-state index in [-0.39, 0.29) is 11.7 Å². The fourth-order valence-electron chi connectivity index (χ4n) is 4.71. The van der Waals surface area contributed by atoms with E-state index in [1.165, 1.54) is 0 Å². The number of aryl methyl sites for hydroxylation is 1. The van der Waals surface area contributed by atoms with Gasteiger partial charge >= 0.3 is 0 Å². The molecule has 0 unspecified atom stereocenters. The number of nitrogens with one attached hydrogen (secondary N) is 1. The highest BCUT2D eigenvalue weighted by atomic mass is 19.1. The largest absolute Gasteiger partial charge is 0.383 e. The number of likely N-dealkylation sites (N-methyl/N-ethyl adjacent to an activating group) is 1. The zero-order valence-corrected chi connectivity index (χ0v) is 19.0. The number of halogens is 1. The normalized spacial score (nSPS) is 16.5. The summed E-state index contributed by atoms with van der Waals surface area (Å²) >= 11 is 0. The highest BCUT2D eigenvalue weighted by Crippen LogP contribution is 2.35. The third-order valence-electron chi connectivity index (χ3n) is 6.72. The molecule has 1 fully saturated rings. The summed E-state index contributed by atoms with van der Waals surface area (Å²) in [6, 6.07) is 13.6. The molecule has 0 spiro atoms. The number of fused-ring (bicyclic) bond motifs is 1. The van der Waals surface area contributed by atoms with Crippen LogP contribution in [0.3, 0.4) is 0 Å². The van der Waals surface area contributed by atoms with Crippen molar-refractivity contribution in [1.82, 2.24) is 15.2 Å². The van der Waals surface area contributed by atoms with Crippen LogP contribution in [0.4, 0.5) is 15.9 Å². The van der Waals surface area contributed by atoms with Gasteiger partial charge in [-0.1, -0.05) is 12.1 Å². The molecule has 2 aliphatic rings. The zero-order valence-electron chi connectivity index (χ0n) is 19.0.